The molecule has 0 aliphatic rings. The van der Waals surface area contributed by atoms with Gasteiger partial charge in [-0.25, -0.2) is 0 Å². The van der Waals surface area contributed by atoms with Gasteiger partial charge >= 0.3 is 6.18 Å². The van der Waals surface area contributed by atoms with E-state index in [4.69, 9.17) is 4.42 Å². The van der Waals surface area contributed by atoms with Crippen LogP contribution in [0.15, 0.2) is 71.1 Å². The van der Waals surface area contributed by atoms with E-state index in [0.717, 1.165) is 17.7 Å². The number of rotatable bonds is 5. The summed E-state index contributed by atoms with van der Waals surface area (Å²) >= 11 is 0. The number of alkyl halides is 3. The lowest BCUT2D eigenvalue weighted by Crippen LogP contribution is -2.17. The van der Waals surface area contributed by atoms with Gasteiger partial charge in [-0.05, 0) is 36.8 Å². The summed E-state index contributed by atoms with van der Waals surface area (Å²) < 4.78 is 44.2. The average molecular weight is 345 g/mol. The van der Waals surface area contributed by atoms with Gasteiger partial charge in [0.05, 0.1) is 12.1 Å². The number of benzene rings is 2. The van der Waals surface area contributed by atoms with E-state index < -0.39 is 11.7 Å². The van der Waals surface area contributed by atoms with Crippen LogP contribution in [0.1, 0.15) is 29.9 Å². The first kappa shape index (κ1) is 17.3. The fourth-order valence-corrected chi connectivity index (χ4v) is 2.59. The van der Waals surface area contributed by atoms with Crippen LogP contribution in [0, 0.1) is 0 Å². The fraction of sp³-hybridized carbons (Fsp3) is 0.200. The van der Waals surface area contributed by atoms with Crippen molar-refractivity contribution in [3.8, 4) is 11.3 Å². The Balaban J connectivity index is 1.69. The Kier molecular flexibility index (Phi) is 4.95. The van der Waals surface area contributed by atoms with Crippen LogP contribution in [0.3, 0.4) is 0 Å². The molecule has 0 aliphatic heterocycles. The number of furan rings is 1. The predicted molar refractivity (Wildman–Crippen MR) is 90.8 cm³/mol. The number of hydrogen-bond acceptors (Lipinski definition) is 2. The highest BCUT2D eigenvalue weighted by Crippen LogP contribution is 2.32. The minimum Gasteiger partial charge on any atom is -0.460 e. The Morgan fingerprint density at radius 1 is 0.960 bits per heavy atom. The van der Waals surface area contributed by atoms with E-state index >= 15 is 0 Å². The molecular weight excluding hydrogens is 327 g/mol. The second-order valence-electron chi connectivity index (χ2n) is 5.86. The van der Waals surface area contributed by atoms with Crippen LogP contribution in [0.5, 0.6) is 0 Å². The Bertz CT molecular complexity index is 824. The van der Waals surface area contributed by atoms with Gasteiger partial charge in [-0.3, -0.25) is 0 Å². The lowest BCUT2D eigenvalue weighted by molar-refractivity contribution is -0.137. The minimum atomic E-state index is -4.36. The van der Waals surface area contributed by atoms with Gasteiger partial charge < -0.3 is 9.73 Å². The van der Waals surface area contributed by atoms with Gasteiger partial charge in [-0.15, -0.1) is 0 Å². The van der Waals surface area contributed by atoms with Crippen LogP contribution in [0.25, 0.3) is 11.3 Å². The maximum atomic E-state index is 12.8. The molecule has 0 radical (unpaired) electrons. The molecule has 25 heavy (non-hydrogen) atoms. The van der Waals surface area contributed by atoms with Gasteiger partial charge in [0.1, 0.15) is 11.5 Å². The van der Waals surface area contributed by atoms with E-state index in [-0.39, 0.29) is 6.04 Å². The molecule has 0 bridgehead atoms. The molecule has 0 saturated heterocycles. The normalized spacial score (nSPS) is 13.0. The Morgan fingerprint density at radius 2 is 1.72 bits per heavy atom. The molecule has 1 aromatic heterocycles. The van der Waals surface area contributed by atoms with Crippen molar-refractivity contribution >= 4 is 0 Å². The molecule has 130 valence electrons. The van der Waals surface area contributed by atoms with Crippen molar-refractivity contribution in [1.29, 1.82) is 0 Å². The van der Waals surface area contributed by atoms with Gasteiger partial charge in [0, 0.05) is 11.6 Å². The van der Waals surface area contributed by atoms with Crippen molar-refractivity contribution in [3.63, 3.8) is 0 Å². The highest BCUT2D eigenvalue weighted by atomic mass is 19.4. The molecule has 0 aliphatic carbocycles. The molecule has 5 heteroatoms. The Morgan fingerprint density at radius 3 is 2.44 bits per heavy atom. The summed E-state index contributed by atoms with van der Waals surface area (Å²) in [6.45, 7) is 2.54. The van der Waals surface area contributed by atoms with Gasteiger partial charge in [-0.2, -0.15) is 13.2 Å². The van der Waals surface area contributed by atoms with Crippen LogP contribution in [-0.2, 0) is 12.7 Å². The van der Waals surface area contributed by atoms with Crippen LogP contribution in [-0.4, -0.2) is 0 Å². The van der Waals surface area contributed by atoms with Crippen LogP contribution in [0.4, 0.5) is 13.2 Å². The first-order valence-electron chi connectivity index (χ1n) is 7.98. The zero-order valence-electron chi connectivity index (χ0n) is 13.7. The van der Waals surface area contributed by atoms with E-state index in [2.05, 4.69) is 5.32 Å². The van der Waals surface area contributed by atoms with Crippen molar-refractivity contribution in [2.75, 3.05) is 0 Å². The predicted octanol–water partition coefficient (Wildman–Crippen LogP) is 5.82. The zero-order chi connectivity index (χ0) is 17.9. The third-order valence-corrected chi connectivity index (χ3v) is 4.02. The molecule has 3 rings (SSSR count). The van der Waals surface area contributed by atoms with E-state index in [9.17, 15) is 13.2 Å². The molecule has 1 heterocycles. The average Bonchev–Trinajstić information content (AvgIpc) is 3.09. The minimum absolute atomic E-state index is 0.142. The van der Waals surface area contributed by atoms with Gasteiger partial charge in [0.15, 0.2) is 0 Å². The summed E-state index contributed by atoms with van der Waals surface area (Å²) in [7, 11) is 0. The quantitative estimate of drug-likeness (QED) is 0.631. The van der Waals surface area contributed by atoms with Crippen molar-refractivity contribution in [2.45, 2.75) is 25.7 Å². The number of hydrogen-bond donors (Lipinski definition) is 1. The fourth-order valence-electron chi connectivity index (χ4n) is 2.59. The van der Waals surface area contributed by atoms with Gasteiger partial charge in [0.2, 0.25) is 0 Å². The van der Waals surface area contributed by atoms with E-state index in [1.165, 1.54) is 6.07 Å². The molecule has 3 aromatic rings. The summed E-state index contributed by atoms with van der Waals surface area (Å²) in [5.41, 5.74) is 0.892. The highest BCUT2D eigenvalue weighted by Gasteiger charge is 2.30. The Labute approximate surface area is 144 Å². The third kappa shape index (κ3) is 4.31. The van der Waals surface area contributed by atoms with Crippen LogP contribution in [0.2, 0.25) is 0 Å². The van der Waals surface area contributed by atoms with Crippen LogP contribution >= 0.6 is 0 Å². The maximum absolute atomic E-state index is 12.8. The van der Waals surface area contributed by atoms with Gasteiger partial charge in [-0.1, -0.05) is 42.5 Å². The molecule has 0 saturated carbocycles. The lowest BCUT2D eigenvalue weighted by atomic mass is 10.1. The molecular formula is C20H18F3NO. The molecule has 0 amide bonds. The monoisotopic (exact) mass is 345 g/mol. The number of nitrogens with one attached hydrogen (secondary N) is 1. The third-order valence-electron chi connectivity index (χ3n) is 4.02. The summed E-state index contributed by atoms with van der Waals surface area (Å²) in [6.07, 6.45) is -4.36. The van der Waals surface area contributed by atoms with E-state index in [1.807, 2.05) is 37.3 Å². The van der Waals surface area contributed by atoms with Crippen molar-refractivity contribution in [2.24, 2.45) is 0 Å². The van der Waals surface area contributed by atoms with E-state index in [0.29, 0.717) is 23.6 Å². The summed E-state index contributed by atoms with van der Waals surface area (Å²) in [5.74, 6) is 1.10. The summed E-state index contributed by atoms with van der Waals surface area (Å²) in [6, 6.07) is 18.8. The molecule has 2 nitrogen and oxygen atoms in total. The topological polar surface area (TPSA) is 25.2 Å². The second-order valence-corrected chi connectivity index (χ2v) is 5.86. The van der Waals surface area contributed by atoms with Crippen molar-refractivity contribution in [3.05, 3.63) is 83.6 Å². The highest BCUT2D eigenvalue weighted by molar-refractivity contribution is 5.58. The first-order chi connectivity index (χ1) is 11.9. The van der Waals surface area contributed by atoms with Crippen molar-refractivity contribution < 1.29 is 17.6 Å². The zero-order valence-corrected chi connectivity index (χ0v) is 13.7. The maximum Gasteiger partial charge on any atom is 0.416 e. The largest absolute Gasteiger partial charge is 0.460 e. The van der Waals surface area contributed by atoms with Gasteiger partial charge in [0.25, 0.3) is 0 Å². The molecule has 0 spiro atoms. The smallest absolute Gasteiger partial charge is 0.416 e. The van der Waals surface area contributed by atoms with Crippen molar-refractivity contribution in [1.82, 2.24) is 5.32 Å². The summed E-state index contributed by atoms with van der Waals surface area (Å²) in [4.78, 5) is 0. The SMILES string of the molecule is C[C@H](NCc1ccc(-c2cccc(C(F)(F)F)c2)o1)c1ccccc1. The van der Waals surface area contributed by atoms with Crippen LogP contribution < -0.4 is 5.32 Å². The summed E-state index contributed by atoms with van der Waals surface area (Å²) in [5, 5.41) is 3.34. The molecule has 0 fully saturated rings. The standard InChI is InChI=1S/C20H18F3NO/c1-14(15-6-3-2-4-7-15)24-13-18-10-11-19(25-18)16-8-5-9-17(12-16)20(21,22)23/h2-12,14,24H,13H2,1H3/t14-/m0/s1. The second kappa shape index (κ2) is 7.15. The molecule has 0 unspecified atom stereocenters. The number of halogens is 3. The van der Waals surface area contributed by atoms with E-state index in [1.54, 1.807) is 18.2 Å². The molecule has 1 N–H and O–H groups in total. The first-order valence-corrected chi connectivity index (χ1v) is 7.98. The Hall–Kier alpha value is -2.53. The molecule has 2 aromatic carbocycles. The lowest BCUT2D eigenvalue weighted by Gasteiger charge is -2.13. The molecule has 1 atom stereocenters.